The van der Waals surface area contributed by atoms with Crippen LogP contribution >= 0.6 is 11.3 Å². The molecule has 0 spiro atoms. The van der Waals surface area contributed by atoms with Crippen LogP contribution in [0.4, 0.5) is 0 Å². The molecule has 3 heteroatoms. The third kappa shape index (κ3) is 3.06. The molecule has 0 aromatic carbocycles. The Labute approximate surface area is 89.1 Å². The molecular weight excluding hydrogens is 194 g/mol. The van der Waals surface area contributed by atoms with Crippen molar-refractivity contribution in [1.82, 2.24) is 0 Å². The van der Waals surface area contributed by atoms with Crippen molar-refractivity contribution in [3.63, 3.8) is 0 Å². The van der Waals surface area contributed by atoms with Crippen molar-refractivity contribution < 1.29 is 4.74 Å². The van der Waals surface area contributed by atoms with Gasteiger partial charge >= 0.3 is 0 Å². The number of methoxy groups -OCH3 is 1. The van der Waals surface area contributed by atoms with E-state index in [9.17, 15) is 0 Å². The van der Waals surface area contributed by atoms with Gasteiger partial charge in [0.1, 0.15) is 5.75 Å². The molecule has 0 aliphatic rings. The predicted molar refractivity (Wildman–Crippen MR) is 60.5 cm³/mol. The van der Waals surface area contributed by atoms with Gasteiger partial charge in [-0.3, -0.25) is 0 Å². The van der Waals surface area contributed by atoms with Gasteiger partial charge in [0.15, 0.2) is 0 Å². The number of rotatable bonds is 4. The van der Waals surface area contributed by atoms with Gasteiger partial charge < -0.3 is 10.5 Å². The lowest BCUT2D eigenvalue weighted by molar-refractivity contribution is 0.416. The van der Waals surface area contributed by atoms with Gasteiger partial charge in [0, 0.05) is 22.7 Å². The fourth-order valence-corrected chi connectivity index (χ4v) is 2.02. The third-order valence-corrected chi connectivity index (χ3v) is 3.00. The molecule has 1 aromatic heterocycles. The first-order valence-electron chi connectivity index (χ1n) is 4.55. The number of hydrogen-bond acceptors (Lipinski definition) is 3. The molecule has 0 fully saturated rings. The van der Waals surface area contributed by atoms with Gasteiger partial charge in [-0.1, -0.05) is 0 Å². The standard InChI is InChI=1S/C11H15NOS/c1-3-4-5-6-10(12)11-7-9(13-2)8-14-11/h7-8,10H,5-6,12H2,1-2H3. The number of ether oxygens (including phenoxy) is 1. The highest BCUT2D eigenvalue weighted by molar-refractivity contribution is 7.10. The van der Waals surface area contributed by atoms with Crippen molar-refractivity contribution in [2.45, 2.75) is 25.8 Å². The van der Waals surface area contributed by atoms with Crippen molar-refractivity contribution in [1.29, 1.82) is 0 Å². The normalized spacial score (nSPS) is 11.6. The summed E-state index contributed by atoms with van der Waals surface area (Å²) in [5, 5.41) is 1.97. The molecule has 1 aromatic rings. The number of thiophene rings is 1. The molecule has 1 atom stereocenters. The van der Waals surface area contributed by atoms with E-state index in [1.165, 1.54) is 4.88 Å². The summed E-state index contributed by atoms with van der Waals surface area (Å²) in [7, 11) is 1.67. The number of hydrogen-bond donors (Lipinski definition) is 1. The highest BCUT2D eigenvalue weighted by atomic mass is 32.1. The molecule has 1 rings (SSSR count). The van der Waals surface area contributed by atoms with Crippen LogP contribution in [0, 0.1) is 11.8 Å². The second-order valence-electron chi connectivity index (χ2n) is 2.96. The van der Waals surface area contributed by atoms with Gasteiger partial charge in [0.05, 0.1) is 7.11 Å². The summed E-state index contributed by atoms with van der Waals surface area (Å²) in [5.41, 5.74) is 5.99. The molecule has 14 heavy (non-hydrogen) atoms. The zero-order chi connectivity index (χ0) is 10.4. The van der Waals surface area contributed by atoms with Crippen LogP contribution in [-0.2, 0) is 0 Å². The Balaban J connectivity index is 2.49. The van der Waals surface area contributed by atoms with Crippen molar-refractivity contribution in [3.05, 3.63) is 16.3 Å². The van der Waals surface area contributed by atoms with Crippen molar-refractivity contribution in [2.24, 2.45) is 5.73 Å². The summed E-state index contributed by atoms with van der Waals surface area (Å²) in [6.45, 7) is 1.85. The molecule has 2 N–H and O–H groups in total. The monoisotopic (exact) mass is 209 g/mol. The highest BCUT2D eigenvalue weighted by Crippen LogP contribution is 2.27. The Kier molecular flexibility index (Phi) is 4.51. The second-order valence-corrected chi connectivity index (χ2v) is 3.90. The van der Waals surface area contributed by atoms with Crippen LogP contribution in [0.25, 0.3) is 0 Å². The Bertz CT molecular complexity index is 335. The summed E-state index contributed by atoms with van der Waals surface area (Å²) in [6, 6.07) is 2.08. The molecule has 0 amide bonds. The molecule has 0 saturated heterocycles. The summed E-state index contributed by atoms with van der Waals surface area (Å²) < 4.78 is 5.10. The molecule has 0 saturated carbocycles. The predicted octanol–water partition coefficient (Wildman–Crippen LogP) is 2.56. The number of nitrogens with two attached hydrogens (primary N) is 1. The molecule has 0 aliphatic heterocycles. The van der Waals surface area contributed by atoms with Crippen LogP contribution in [0.5, 0.6) is 5.75 Å². The Hall–Kier alpha value is -0.980. The van der Waals surface area contributed by atoms with E-state index in [1.807, 2.05) is 18.4 Å². The van der Waals surface area contributed by atoms with E-state index in [0.717, 1.165) is 18.6 Å². The minimum atomic E-state index is 0.0877. The van der Waals surface area contributed by atoms with Crippen LogP contribution in [0.2, 0.25) is 0 Å². The van der Waals surface area contributed by atoms with Gasteiger partial charge in [0.2, 0.25) is 0 Å². The van der Waals surface area contributed by atoms with Gasteiger partial charge in [0.25, 0.3) is 0 Å². The van der Waals surface area contributed by atoms with Gasteiger partial charge in [-0.25, -0.2) is 0 Å². The Morgan fingerprint density at radius 3 is 3.00 bits per heavy atom. The van der Waals surface area contributed by atoms with Crippen molar-refractivity contribution >= 4 is 11.3 Å². The molecule has 2 nitrogen and oxygen atoms in total. The average Bonchev–Trinajstić information content (AvgIpc) is 2.66. The van der Waals surface area contributed by atoms with E-state index in [-0.39, 0.29) is 6.04 Å². The minimum absolute atomic E-state index is 0.0877. The van der Waals surface area contributed by atoms with Gasteiger partial charge in [-0.2, -0.15) is 0 Å². The molecule has 0 radical (unpaired) electrons. The fourth-order valence-electron chi connectivity index (χ4n) is 1.13. The maximum Gasteiger partial charge on any atom is 0.129 e. The fraction of sp³-hybridized carbons (Fsp3) is 0.455. The maximum absolute atomic E-state index is 5.99. The summed E-state index contributed by atoms with van der Waals surface area (Å²) in [6.07, 6.45) is 1.77. The van der Waals surface area contributed by atoms with Crippen LogP contribution in [0.15, 0.2) is 11.4 Å². The van der Waals surface area contributed by atoms with E-state index in [1.54, 1.807) is 18.4 Å². The molecule has 0 aliphatic carbocycles. The molecule has 1 heterocycles. The van der Waals surface area contributed by atoms with E-state index in [2.05, 4.69) is 11.8 Å². The van der Waals surface area contributed by atoms with Gasteiger partial charge in [-0.15, -0.1) is 23.2 Å². The quantitative estimate of drug-likeness (QED) is 0.773. The first kappa shape index (κ1) is 11.1. The van der Waals surface area contributed by atoms with Crippen LogP contribution in [0.1, 0.15) is 30.7 Å². The lowest BCUT2D eigenvalue weighted by atomic mass is 10.1. The second kappa shape index (κ2) is 5.69. The average molecular weight is 209 g/mol. The highest BCUT2D eigenvalue weighted by Gasteiger charge is 2.08. The molecule has 76 valence electrons. The SMILES string of the molecule is CC#CCCC(N)c1cc(OC)cs1. The third-order valence-electron chi connectivity index (χ3n) is 1.95. The molecule has 1 unspecified atom stereocenters. The van der Waals surface area contributed by atoms with Crippen LogP contribution in [0.3, 0.4) is 0 Å². The van der Waals surface area contributed by atoms with Crippen molar-refractivity contribution in [3.8, 4) is 17.6 Å². The van der Waals surface area contributed by atoms with E-state index in [0.29, 0.717) is 0 Å². The largest absolute Gasteiger partial charge is 0.496 e. The smallest absolute Gasteiger partial charge is 0.129 e. The lowest BCUT2D eigenvalue weighted by Gasteiger charge is -2.05. The maximum atomic E-state index is 5.99. The Morgan fingerprint density at radius 2 is 2.43 bits per heavy atom. The summed E-state index contributed by atoms with van der Waals surface area (Å²) in [4.78, 5) is 1.17. The zero-order valence-corrected chi connectivity index (χ0v) is 9.36. The van der Waals surface area contributed by atoms with Crippen LogP contribution < -0.4 is 10.5 Å². The zero-order valence-electron chi connectivity index (χ0n) is 8.54. The lowest BCUT2D eigenvalue weighted by Crippen LogP contribution is -2.07. The summed E-state index contributed by atoms with van der Waals surface area (Å²) >= 11 is 1.64. The minimum Gasteiger partial charge on any atom is -0.496 e. The van der Waals surface area contributed by atoms with Crippen LogP contribution in [-0.4, -0.2) is 7.11 Å². The first-order chi connectivity index (χ1) is 6.77. The Morgan fingerprint density at radius 1 is 1.64 bits per heavy atom. The molecular formula is C11H15NOS. The van der Waals surface area contributed by atoms with Gasteiger partial charge in [-0.05, 0) is 19.4 Å². The van der Waals surface area contributed by atoms with E-state index in [4.69, 9.17) is 10.5 Å². The van der Waals surface area contributed by atoms with E-state index >= 15 is 0 Å². The van der Waals surface area contributed by atoms with E-state index < -0.39 is 0 Å². The molecule has 0 bridgehead atoms. The first-order valence-corrected chi connectivity index (χ1v) is 5.43. The summed E-state index contributed by atoms with van der Waals surface area (Å²) in [5.74, 6) is 6.77. The van der Waals surface area contributed by atoms with Crippen molar-refractivity contribution in [2.75, 3.05) is 7.11 Å². The topological polar surface area (TPSA) is 35.2 Å².